The molecule has 0 aromatic carbocycles. The highest BCUT2D eigenvalue weighted by Crippen LogP contribution is 2.46. The smallest absolute Gasteiger partial charge is 0.0883 e. The van der Waals surface area contributed by atoms with Gasteiger partial charge in [0, 0.05) is 11.6 Å². The summed E-state index contributed by atoms with van der Waals surface area (Å²) in [5.74, 6) is 0. The van der Waals surface area contributed by atoms with Crippen LogP contribution < -0.4 is 0 Å². The molecule has 1 rings (SSSR count). The normalized spacial score (nSPS) is 14.7. The average molecular weight is 279 g/mol. The summed E-state index contributed by atoms with van der Waals surface area (Å²) in [6, 6.07) is 0. The van der Waals surface area contributed by atoms with Crippen molar-refractivity contribution in [3.8, 4) is 0 Å². The molecule has 0 saturated heterocycles. The van der Waals surface area contributed by atoms with Crippen LogP contribution in [-0.4, -0.2) is 15.0 Å². The van der Waals surface area contributed by atoms with Crippen molar-refractivity contribution in [3.63, 3.8) is 0 Å². The minimum absolute atomic E-state index is 0.0130. The fourth-order valence-corrected chi connectivity index (χ4v) is 2.36. The van der Waals surface area contributed by atoms with Crippen molar-refractivity contribution in [1.82, 2.24) is 15.0 Å². The zero-order valence-electron chi connectivity index (χ0n) is 15.1. The first-order chi connectivity index (χ1) is 8.67. The first-order valence-corrected chi connectivity index (χ1v) is 7.60. The first kappa shape index (κ1) is 17.2. The molecule has 1 aromatic heterocycles. The van der Waals surface area contributed by atoms with Gasteiger partial charge in [-0.3, -0.25) is 0 Å². The summed E-state index contributed by atoms with van der Waals surface area (Å²) >= 11 is 0. The highest BCUT2D eigenvalue weighted by atomic mass is 15.4. The molecule has 3 heteroatoms. The maximum absolute atomic E-state index is 4.43. The van der Waals surface area contributed by atoms with Crippen molar-refractivity contribution in [2.75, 3.05) is 0 Å². The van der Waals surface area contributed by atoms with E-state index in [1.54, 1.807) is 0 Å². The number of hydrogen-bond acceptors (Lipinski definition) is 2. The van der Waals surface area contributed by atoms with E-state index in [0.29, 0.717) is 0 Å². The van der Waals surface area contributed by atoms with E-state index in [9.17, 15) is 0 Å². The van der Waals surface area contributed by atoms with Crippen LogP contribution in [0.1, 0.15) is 81.4 Å². The number of aromatic nitrogens is 3. The Bertz CT molecular complexity index is 453. The molecule has 0 amide bonds. The second kappa shape index (κ2) is 4.85. The largest absolute Gasteiger partial charge is 0.247 e. The molecule has 0 atom stereocenters. The topological polar surface area (TPSA) is 30.7 Å². The molecule has 0 spiro atoms. The predicted octanol–water partition coefficient (Wildman–Crippen LogP) is 4.77. The minimum atomic E-state index is -0.0130. The lowest BCUT2D eigenvalue weighted by Crippen LogP contribution is -2.36. The molecule has 0 aliphatic heterocycles. The van der Waals surface area contributed by atoms with Crippen molar-refractivity contribution in [2.24, 2.45) is 10.8 Å². The average Bonchev–Trinajstić information content (AvgIpc) is 2.61. The van der Waals surface area contributed by atoms with E-state index in [1.807, 2.05) is 4.68 Å². The molecule has 116 valence electrons. The predicted molar refractivity (Wildman–Crippen MR) is 85.9 cm³/mol. The second-order valence-corrected chi connectivity index (χ2v) is 9.41. The van der Waals surface area contributed by atoms with Gasteiger partial charge in [-0.05, 0) is 38.0 Å². The Hall–Kier alpha value is -0.860. The van der Waals surface area contributed by atoms with Gasteiger partial charge in [0.2, 0.25) is 0 Å². The van der Waals surface area contributed by atoms with Crippen LogP contribution in [-0.2, 0) is 11.0 Å². The van der Waals surface area contributed by atoms with Gasteiger partial charge in [0.15, 0.2) is 0 Å². The standard InChI is InChI=1S/C17H33N3/c1-14(2,3)17(9,10)12-16(7,8)13-11-20(19-18-13)15(4,5)6/h11H,12H2,1-10H3. The van der Waals surface area contributed by atoms with Gasteiger partial charge in [-0.15, -0.1) is 5.10 Å². The van der Waals surface area contributed by atoms with Gasteiger partial charge < -0.3 is 0 Å². The summed E-state index contributed by atoms with van der Waals surface area (Å²) in [6.07, 6.45) is 3.20. The fraction of sp³-hybridized carbons (Fsp3) is 0.882. The highest BCUT2D eigenvalue weighted by Gasteiger charge is 2.39. The zero-order valence-corrected chi connectivity index (χ0v) is 15.1. The Morgan fingerprint density at radius 3 is 1.75 bits per heavy atom. The van der Waals surface area contributed by atoms with Crippen molar-refractivity contribution in [2.45, 2.75) is 86.6 Å². The lowest BCUT2D eigenvalue weighted by atomic mass is 9.61. The maximum Gasteiger partial charge on any atom is 0.0883 e. The summed E-state index contributed by atoms with van der Waals surface area (Å²) in [7, 11) is 0. The molecular weight excluding hydrogens is 246 g/mol. The Morgan fingerprint density at radius 1 is 0.900 bits per heavy atom. The summed E-state index contributed by atoms with van der Waals surface area (Å²) in [6.45, 7) is 22.6. The van der Waals surface area contributed by atoms with E-state index in [-0.39, 0.29) is 21.8 Å². The molecule has 3 nitrogen and oxygen atoms in total. The molecule has 0 N–H and O–H groups in total. The number of hydrogen-bond donors (Lipinski definition) is 0. The second-order valence-electron chi connectivity index (χ2n) is 9.41. The lowest BCUT2D eigenvalue weighted by Gasteiger charge is -2.43. The Kier molecular flexibility index (Phi) is 4.17. The van der Waals surface area contributed by atoms with E-state index < -0.39 is 0 Å². The van der Waals surface area contributed by atoms with Crippen LogP contribution >= 0.6 is 0 Å². The third kappa shape index (κ3) is 3.62. The molecule has 0 bridgehead atoms. The SMILES string of the molecule is CC(C)(CC(C)(C)C(C)(C)C)c1cn(C(C)(C)C)nn1. The third-order valence-corrected chi connectivity index (χ3v) is 4.79. The van der Waals surface area contributed by atoms with Crippen LogP contribution in [0.25, 0.3) is 0 Å². The van der Waals surface area contributed by atoms with Gasteiger partial charge in [0.25, 0.3) is 0 Å². The molecule has 0 fully saturated rings. The van der Waals surface area contributed by atoms with Crippen molar-refractivity contribution in [1.29, 1.82) is 0 Å². The van der Waals surface area contributed by atoms with E-state index >= 15 is 0 Å². The van der Waals surface area contributed by atoms with E-state index in [1.165, 1.54) is 0 Å². The van der Waals surface area contributed by atoms with Gasteiger partial charge in [0.1, 0.15) is 0 Å². The van der Waals surface area contributed by atoms with Crippen molar-refractivity contribution in [3.05, 3.63) is 11.9 Å². The summed E-state index contributed by atoms with van der Waals surface area (Å²) in [5, 5.41) is 8.75. The molecule has 0 aliphatic rings. The maximum atomic E-state index is 4.43. The van der Waals surface area contributed by atoms with Gasteiger partial charge in [0.05, 0.1) is 11.2 Å². The molecule has 20 heavy (non-hydrogen) atoms. The first-order valence-electron chi connectivity index (χ1n) is 7.60. The lowest BCUT2D eigenvalue weighted by molar-refractivity contribution is 0.0907. The summed E-state index contributed by atoms with van der Waals surface area (Å²) in [5.41, 5.74) is 1.61. The minimum Gasteiger partial charge on any atom is -0.247 e. The Labute approximate surface area is 125 Å². The molecule has 0 radical (unpaired) electrons. The molecule has 1 aromatic rings. The van der Waals surface area contributed by atoms with Crippen molar-refractivity contribution < 1.29 is 0 Å². The Balaban J connectivity index is 3.03. The quantitative estimate of drug-likeness (QED) is 0.797. The number of rotatable bonds is 3. The molecule has 0 aliphatic carbocycles. The van der Waals surface area contributed by atoms with Crippen LogP contribution in [0.3, 0.4) is 0 Å². The molecule has 1 heterocycles. The van der Waals surface area contributed by atoms with Crippen LogP contribution in [0.4, 0.5) is 0 Å². The van der Waals surface area contributed by atoms with Gasteiger partial charge in [-0.25, -0.2) is 4.68 Å². The van der Waals surface area contributed by atoms with Crippen LogP contribution in [0.5, 0.6) is 0 Å². The van der Waals surface area contributed by atoms with Crippen LogP contribution in [0, 0.1) is 10.8 Å². The molecular formula is C17H33N3. The van der Waals surface area contributed by atoms with E-state index in [2.05, 4.69) is 85.7 Å². The molecule has 0 saturated carbocycles. The van der Waals surface area contributed by atoms with Crippen molar-refractivity contribution >= 4 is 0 Å². The Morgan fingerprint density at radius 2 is 1.40 bits per heavy atom. The van der Waals surface area contributed by atoms with E-state index in [4.69, 9.17) is 0 Å². The third-order valence-electron chi connectivity index (χ3n) is 4.79. The van der Waals surface area contributed by atoms with Crippen LogP contribution in [0.2, 0.25) is 0 Å². The van der Waals surface area contributed by atoms with Gasteiger partial charge >= 0.3 is 0 Å². The molecule has 0 unspecified atom stereocenters. The fourth-order valence-electron chi connectivity index (χ4n) is 2.36. The number of nitrogens with zero attached hydrogens (tertiary/aromatic N) is 3. The summed E-state index contributed by atoms with van der Waals surface area (Å²) in [4.78, 5) is 0. The van der Waals surface area contributed by atoms with Gasteiger partial charge in [-0.1, -0.05) is 53.7 Å². The highest BCUT2D eigenvalue weighted by molar-refractivity contribution is 5.11. The van der Waals surface area contributed by atoms with E-state index in [0.717, 1.165) is 12.1 Å². The van der Waals surface area contributed by atoms with Crippen LogP contribution in [0.15, 0.2) is 6.20 Å². The monoisotopic (exact) mass is 279 g/mol. The van der Waals surface area contributed by atoms with Gasteiger partial charge in [-0.2, -0.15) is 0 Å². The zero-order chi connectivity index (χ0) is 16.0. The summed E-state index contributed by atoms with van der Waals surface area (Å²) < 4.78 is 1.97.